The Morgan fingerprint density at radius 2 is 2.22 bits per heavy atom. The summed E-state index contributed by atoms with van der Waals surface area (Å²) in [5, 5.41) is 18.1. The van der Waals surface area contributed by atoms with Crippen molar-refractivity contribution in [2.24, 2.45) is 5.92 Å². The molecule has 1 aliphatic heterocycles. The highest BCUT2D eigenvalue weighted by Gasteiger charge is 2.30. The quantitative estimate of drug-likeness (QED) is 0.427. The van der Waals surface area contributed by atoms with Crippen LogP contribution < -0.4 is 4.74 Å². The Hall–Kier alpha value is -2.94. The van der Waals surface area contributed by atoms with Crippen LogP contribution in [0.5, 0.6) is 5.75 Å². The van der Waals surface area contributed by atoms with E-state index in [2.05, 4.69) is 20.2 Å². The average molecular weight is 472 g/mol. The third-order valence-electron chi connectivity index (χ3n) is 5.48. The number of ether oxygens (including phenoxy) is 1. The topological polar surface area (TPSA) is 106 Å². The van der Waals surface area contributed by atoms with Gasteiger partial charge in [-0.15, -0.1) is 0 Å². The first-order valence-electron chi connectivity index (χ1n) is 10.1. The normalized spacial score (nSPS) is 16.6. The van der Waals surface area contributed by atoms with Crippen molar-refractivity contribution in [2.75, 3.05) is 6.61 Å². The average Bonchev–Trinajstić information content (AvgIpc) is 3.35. The summed E-state index contributed by atoms with van der Waals surface area (Å²) >= 11 is 12.3. The summed E-state index contributed by atoms with van der Waals surface area (Å²) in [6.45, 7) is 2.23. The maximum absolute atomic E-state index is 13.5. The lowest BCUT2D eigenvalue weighted by atomic mass is 9.90. The summed E-state index contributed by atoms with van der Waals surface area (Å²) in [6, 6.07) is 5.42. The van der Waals surface area contributed by atoms with E-state index < -0.39 is 6.10 Å². The van der Waals surface area contributed by atoms with E-state index in [0.717, 1.165) is 11.3 Å². The summed E-state index contributed by atoms with van der Waals surface area (Å²) in [5.74, 6) is 0.696. The predicted octanol–water partition coefficient (Wildman–Crippen LogP) is 3.94. The zero-order chi connectivity index (χ0) is 22.4. The smallest absolute Gasteiger partial charge is 0.171 e. The number of carbonyl (C=O) groups excluding carboxylic acids is 1. The molecule has 0 fully saturated rings. The summed E-state index contributed by atoms with van der Waals surface area (Å²) in [6.07, 6.45) is 4.78. The Morgan fingerprint density at radius 3 is 2.97 bits per heavy atom. The largest absolute Gasteiger partial charge is 0.493 e. The van der Waals surface area contributed by atoms with Gasteiger partial charge in [-0.3, -0.25) is 9.89 Å². The lowest BCUT2D eigenvalue weighted by Crippen LogP contribution is -2.28. The monoisotopic (exact) mass is 471 g/mol. The van der Waals surface area contributed by atoms with Crippen LogP contribution in [0.25, 0.3) is 22.4 Å². The molecule has 0 aliphatic carbocycles. The molecule has 0 spiro atoms. The van der Waals surface area contributed by atoms with Crippen LogP contribution in [0.2, 0.25) is 10.2 Å². The number of halogens is 2. The maximum Gasteiger partial charge on any atom is 0.171 e. The fourth-order valence-electron chi connectivity index (χ4n) is 4.00. The zero-order valence-electron chi connectivity index (χ0n) is 17.0. The van der Waals surface area contributed by atoms with Crippen molar-refractivity contribution in [3.05, 3.63) is 58.1 Å². The summed E-state index contributed by atoms with van der Waals surface area (Å²) in [7, 11) is 0. The van der Waals surface area contributed by atoms with Gasteiger partial charge in [-0.25, -0.2) is 9.97 Å². The second kappa shape index (κ2) is 8.20. The molecule has 10 heteroatoms. The molecule has 1 aliphatic rings. The van der Waals surface area contributed by atoms with Gasteiger partial charge in [0.2, 0.25) is 0 Å². The number of aliphatic hydroxyl groups excluding tert-OH is 1. The molecule has 0 saturated carbocycles. The van der Waals surface area contributed by atoms with Crippen LogP contribution in [-0.4, -0.2) is 48.3 Å². The number of Topliss-reactive ketones (excluding diaryl/α,β-unsaturated/α-hetero) is 1. The van der Waals surface area contributed by atoms with Gasteiger partial charge in [0.15, 0.2) is 11.6 Å². The number of aliphatic hydroxyl groups is 1. The number of nitrogens with zero attached hydrogens (tertiary/aromatic N) is 4. The Labute approximate surface area is 193 Å². The summed E-state index contributed by atoms with van der Waals surface area (Å²) in [5.41, 5.74) is 2.49. The zero-order valence-corrected chi connectivity index (χ0v) is 18.6. The molecule has 4 aromatic rings. The van der Waals surface area contributed by atoms with E-state index in [-0.39, 0.29) is 24.9 Å². The number of H-pyrrole nitrogens is 1. The van der Waals surface area contributed by atoms with Gasteiger partial charge in [0, 0.05) is 34.9 Å². The second-order valence-corrected chi connectivity index (χ2v) is 8.72. The molecule has 0 saturated heterocycles. The Bertz CT molecular complexity index is 1330. The molecule has 0 amide bonds. The Morgan fingerprint density at radius 1 is 1.38 bits per heavy atom. The number of ketones is 1. The molecule has 164 valence electrons. The SMILES string of the molecule is C[C@H](O)Cn1cc(C(=O)C2COc3ccc(Cl)cc3C2)c2cnc(-c3cn[nH]c3Cl)nc21. The minimum atomic E-state index is -0.628. The number of nitrogens with one attached hydrogen (secondary N) is 1. The number of benzene rings is 1. The predicted molar refractivity (Wildman–Crippen MR) is 120 cm³/mol. The highest BCUT2D eigenvalue weighted by atomic mass is 35.5. The van der Waals surface area contributed by atoms with Gasteiger partial charge in [-0.05, 0) is 37.1 Å². The van der Waals surface area contributed by atoms with Gasteiger partial charge in [-0.1, -0.05) is 23.2 Å². The Balaban J connectivity index is 1.55. The lowest BCUT2D eigenvalue weighted by Gasteiger charge is -2.24. The minimum Gasteiger partial charge on any atom is -0.493 e. The third-order valence-corrected chi connectivity index (χ3v) is 6.00. The van der Waals surface area contributed by atoms with Gasteiger partial charge in [-0.2, -0.15) is 5.10 Å². The van der Waals surface area contributed by atoms with Gasteiger partial charge in [0.1, 0.15) is 16.5 Å². The fraction of sp³-hybridized carbons (Fsp3) is 0.273. The first kappa shape index (κ1) is 20.9. The van der Waals surface area contributed by atoms with Crippen LogP contribution >= 0.6 is 23.2 Å². The maximum atomic E-state index is 13.5. The Kier molecular flexibility index (Phi) is 5.36. The molecular weight excluding hydrogens is 453 g/mol. The molecule has 32 heavy (non-hydrogen) atoms. The van der Waals surface area contributed by atoms with Crippen LogP contribution in [0.4, 0.5) is 0 Å². The van der Waals surface area contributed by atoms with Gasteiger partial charge in [0.25, 0.3) is 0 Å². The third kappa shape index (κ3) is 3.74. The van der Waals surface area contributed by atoms with Crippen molar-refractivity contribution in [1.29, 1.82) is 0 Å². The minimum absolute atomic E-state index is 0.0670. The molecule has 2 N–H and O–H groups in total. The van der Waals surface area contributed by atoms with Crippen LogP contribution in [0.1, 0.15) is 22.8 Å². The molecule has 1 aromatic carbocycles. The number of rotatable bonds is 5. The summed E-state index contributed by atoms with van der Waals surface area (Å²) in [4.78, 5) is 22.5. The number of aromatic amines is 1. The molecule has 3 aromatic heterocycles. The number of carbonyl (C=O) groups is 1. The van der Waals surface area contributed by atoms with Gasteiger partial charge < -0.3 is 14.4 Å². The van der Waals surface area contributed by atoms with Gasteiger partial charge in [0.05, 0.1) is 30.4 Å². The highest BCUT2D eigenvalue weighted by molar-refractivity contribution is 6.32. The van der Waals surface area contributed by atoms with E-state index in [1.54, 1.807) is 36.1 Å². The van der Waals surface area contributed by atoms with Crippen LogP contribution in [-0.2, 0) is 13.0 Å². The van der Waals surface area contributed by atoms with E-state index in [1.807, 2.05) is 12.1 Å². The lowest BCUT2D eigenvalue weighted by molar-refractivity contribution is 0.0856. The summed E-state index contributed by atoms with van der Waals surface area (Å²) < 4.78 is 7.58. The molecule has 0 bridgehead atoms. The molecular formula is C22H19Cl2N5O3. The fourth-order valence-corrected chi connectivity index (χ4v) is 4.37. The van der Waals surface area contributed by atoms with Crippen molar-refractivity contribution in [1.82, 2.24) is 24.7 Å². The highest BCUT2D eigenvalue weighted by Crippen LogP contribution is 2.33. The van der Waals surface area contributed by atoms with Gasteiger partial charge >= 0.3 is 0 Å². The number of hydrogen-bond donors (Lipinski definition) is 2. The van der Waals surface area contributed by atoms with E-state index in [0.29, 0.717) is 44.6 Å². The van der Waals surface area contributed by atoms with Crippen molar-refractivity contribution < 1.29 is 14.6 Å². The van der Waals surface area contributed by atoms with E-state index in [9.17, 15) is 9.90 Å². The molecule has 2 atom stereocenters. The van der Waals surface area contributed by atoms with E-state index >= 15 is 0 Å². The first-order chi connectivity index (χ1) is 15.4. The first-order valence-corrected chi connectivity index (χ1v) is 10.8. The van der Waals surface area contributed by atoms with Crippen molar-refractivity contribution in [2.45, 2.75) is 26.0 Å². The standard InChI is InChI=1S/C22H19Cl2N5O3/c1-11(30)8-29-9-17(15-6-25-21(27-22(15)29)16-7-26-28-20(16)24)19(31)13-4-12-5-14(23)2-3-18(12)32-10-13/h2-3,5-7,9,11,13,30H,4,8,10H2,1H3,(H,26,28)/t11-,13?/m0/s1. The molecule has 4 heterocycles. The van der Waals surface area contributed by atoms with Crippen LogP contribution in [0.15, 0.2) is 36.8 Å². The number of aromatic nitrogens is 5. The van der Waals surface area contributed by atoms with Crippen LogP contribution in [0, 0.1) is 5.92 Å². The van der Waals surface area contributed by atoms with Crippen molar-refractivity contribution in [3.63, 3.8) is 0 Å². The van der Waals surface area contributed by atoms with E-state index in [1.165, 1.54) is 0 Å². The second-order valence-electron chi connectivity index (χ2n) is 7.90. The molecule has 1 unspecified atom stereocenters. The molecule has 5 rings (SSSR count). The van der Waals surface area contributed by atoms with Crippen molar-refractivity contribution in [3.8, 4) is 17.1 Å². The number of hydrogen-bond acceptors (Lipinski definition) is 6. The van der Waals surface area contributed by atoms with Crippen molar-refractivity contribution >= 4 is 40.0 Å². The van der Waals surface area contributed by atoms with E-state index in [4.69, 9.17) is 27.9 Å². The number of fused-ring (bicyclic) bond motifs is 2. The van der Waals surface area contributed by atoms with Crippen LogP contribution in [0.3, 0.4) is 0 Å². The molecule has 8 nitrogen and oxygen atoms in total. The molecule has 0 radical (unpaired) electrons.